The van der Waals surface area contributed by atoms with Gasteiger partial charge in [0, 0.05) is 46.8 Å². The van der Waals surface area contributed by atoms with E-state index in [1.54, 1.807) is 12.4 Å². The van der Waals surface area contributed by atoms with Crippen LogP contribution in [-0.4, -0.2) is 22.6 Å². The van der Waals surface area contributed by atoms with Gasteiger partial charge in [-0.05, 0) is 47.9 Å². The van der Waals surface area contributed by atoms with Crippen molar-refractivity contribution in [2.75, 3.05) is 11.9 Å². The third-order valence-electron chi connectivity index (χ3n) is 5.87. The van der Waals surface area contributed by atoms with Crippen LogP contribution in [0, 0.1) is 11.3 Å². The highest BCUT2D eigenvalue weighted by atomic mass is 16.5. The van der Waals surface area contributed by atoms with Crippen molar-refractivity contribution in [3.8, 4) is 22.9 Å². The fourth-order valence-electron chi connectivity index (χ4n) is 4.16. The first-order valence-electron chi connectivity index (χ1n) is 11.5. The largest absolute Gasteiger partial charge is 0.492 e. The molecule has 2 aromatic heterocycles. The molecule has 172 valence electrons. The Morgan fingerprint density at radius 3 is 2.71 bits per heavy atom. The molecule has 0 radical (unpaired) electrons. The molecular weight excluding hydrogens is 434 g/mol. The molecule has 6 heteroatoms. The van der Waals surface area contributed by atoms with Crippen LogP contribution in [0.15, 0.2) is 97.5 Å². The second-order valence-electron chi connectivity index (χ2n) is 8.38. The number of rotatable bonds is 8. The molecule has 5 aromatic rings. The number of H-pyrrole nitrogens is 1. The van der Waals surface area contributed by atoms with Crippen molar-refractivity contribution in [3.05, 3.63) is 109 Å². The number of nitrogens with one attached hydrogen (secondary N) is 2. The molecule has 0 amide bonds. The number of ether oxygens (including phenoxy) is 1. The van der Waals surface area contributed by atoms with Crippen molar-refractivity contribution < 1.29 is 4.74 Å². The molecule has 0 aliphatic carbocycles. The van der Waals surface area contributed by atoms with Crippen LogP contribution in [0.25, 0.3) is 22.0 Å². The highest BCUT2D eigenvalue weighted by Gasteiger charge is 2.14. The lowest BCUT2D eigenvalue weighted by Gasteiger charge is -2.16. The first kappa shape index (κ1) is 22.2. The van der Waals surface area contributed by atoms with E-state index in [0.717, 1.165) is 34.1 Å². The third kappa shape index (κ3) is 5.01. The standard InChI is InChI=1S/C29H25N5O/c30-16-22-17-32-18-26(29(22)34-28-11-5-10-27-25(28)12-13-33-27)21-8-4-9-24(15-21)35-19-23(31)14-20-6-2-1-3-7-20/h1-13,15,17-18,23,33H,14,19,31H2,(H,32,34)/t23-/m0/s1. The lowest BCUT2D eigenvalue weighted by Crippen LogP contribution is -2.30. The summed E-state index contributed by atoms with van der Waals surface area (Å²) in [6.07, 6.45) is 5.98. The van der Waals surface area contributed by atoms with Crippen molar-refractivity contribution in [3.63, 3.8) is 0 Å². The minimum absolute atomic E-state index is 0.122. The van der Waals surface area contributed by atoms with Crippen molar-refractivity contribution in [1.82, 2.24) is 9.97 Å². The van der Waals surface area contributed by atoms with Gasteiger partial charge in [-0.1, -0.05) is 48.5 Å². The lowest BCUT2D eigenvalue weighted by atomic mass is 10.0. The van der Waals surface area contributed by atoms with Crippen LogP contribution in [0.1, 0.15) is 11.1 Å². The number of nitrogens with two attached hydrogens (primary N) is 1. The summed E-state index contributed by atoms with van der Waals surface area (Å²) in [6, 6.07) is 28.1. The normalized spacial score (nSPS) is 11.7. The molecule has 1 atom stereocenters. The van der Waals surface area contributed by atoms with Crippen molar-refractivity contribution in [1.29, 1.82) is 5.26 Å². The van der Waals surface area contributed by atoms with E-state index in [4.69, 9.17) is 10.5 Å². The predicted molar refractivity (Wildman–Crippen MR) is 140 cm³/mol. The van der Waals surface area contributed by atoms with E-state index in [1.807, 2.05) is 72.9 Å². The maximum absolute atomic E-state index is 9.79. The summed E-state index contributed by atoms with van der Waals surface area (Å²) in [5.74, 6) is 0.715. The number of fused-ring (bicyclic) bond motifs is 1. The molecule has 0 unspecified atom stereocenters. The van der Waals surface area contributed by atoms with Gasteiger partial charge < -0.3 is 20.8 Å². The van der Waals surface area contributed by atoms with Gasteiger partial charge in [0.05, 0.1) is 11.3 Å². The van der Waals surface area contributed by atoms with Gasteiger partial charge in [0.25, 0.3) is 0 Å². The Kier molecular flexibility index (Phi) is 6.42. The van der Waals surface area contributed by atoms with E-state index in [2.05, 4.69) is 33.5 Å². The zero-order valence-electron chi connectivity index (χ0n) is 19.1. The number of aromatic amines is 1. The summed E-state index contributed by atoms with van der Waals surface area (Å²) in [5, 5.41) is 14.3. The number of anilines is 2. The van der Waals surface area contributed by atoms with E-state index in [-0.39, 0.29) is 6.04 Å². The van der Waals surface area contributed by atoms with Gasteiger partial charge in [0.2, 0.25) is 0 Å². The van der Waals surface area contributed by atoms with Crippen molar-refractivity contribution in [2.45, 2.75) is 12.5 Å². The molecule has 3 aromatic carbocycles. The molecule has 0 fully saturated rings. The van der Waals surface area contributed by atoms with Gasteiger partial charge in [-0.15, -0.1) is 0 Å². The third-order valence-corrected chi connectivity index (χ3v) is 5.87. The molecule has 4 N–H and O–H groups in total. The first-order valence-corrected chi connectivity index (χ1v) is 11.5. The van der Waals surface area contributed by atoms with Crippen molar-refractivity contribution in [2.24, 2.45) is 5.73 Å². The van der Waals surface area contributed by atoms with Crippen LogP contribution in [0.3, 0.4) is 0 Å². The van der Waals surface area contributed by atoms with Gasteiger partial charge in [0.15, 0.2) is 0 Å². The molecule has 0 saturated carbocycles. The monoisotopic (exact) mass is 459 g/mol. The first-order chi connectivity index (χ1) is 17.2. The van der Waals surface area contributed by atoms with Crippen LogP contribution in [0.5, 0.6) is 5.75 Å². The van der Waals surface area contributed by atoms with E-state index >= 15 is 0 Å². The smallest absolute Gasteiger partial charge is 0.119 e. The Morgan fingerprint density at radius 2 is 1.86 bits per heavy atom. The van der Waals surface area contributed by atoms with Gasteiger partial charge in [-0.2, -0.15) is 5.26 Å². The van der Waals surface area contributed by atoms with Gasteiger partial charge in [-0.3, -0.25) is 4.98 Å². The van der Waals surface area contributed by atoms with E-state index in [1.165, 1.54) is 5.56 Å². The van der Waals surface area contributed by atoms with E-state index in [9.17, 15) is 5.26 Å². The number of nitriles is 1. The van der Waals surface area contributed by atoms with Crippen LogP contribution >= 0.6 is 0 Å². The number of hydrogen-bond donors (Lipinski definition) is 3. The average molecular weight is 460 g/mol. The molecule has 0 bridgehead atoms. The summed E-state index contributed by atoms with van der Waals surface area (Å²) in [5.41, 5.74) is 12.3. The molecule has 5 rings (SSSR count). The molecule has 35 heavy (non-hydrogen) atoms. The van der Waals surface area contributed by atoms with E-state index in [0.29, 0.717) is 23.6 Å². The molecule has 2 heterocycles. The molecule has 0 saturated heterocycles. The maximum atomic E-state index is 9.79. The highest BCUT2D eigenvalue weighted by molar-refractivity contribution is 5.96. The fourth-order valence-corrected chi connectivity index (χ4v) is 4.16. The van der Waals surface area contributed by atoms with Crippen LogP contribution in [0.4, 0.5) is 11.4 Å². The van der Waals surface area contributed by atoms with E-state index < -0.39 is 0 Å². The fraction of sp³-hybridized carbons (Fsp3) is 0.103. The Balaban J connectivity index is 1.40. The van der Waals surface area contributed by atoms with Crippen molar-refractivity contribution >= 4 is 22.3 Å². The number of benzene rings is 3. The van der Waals surface area contributed by atoms with Gasteiger partial charge >= 0.3 is 0 Å². The Labute approximate surface area is 204 Å². The van der Waals surface area contributed by atoms with Gasteiger partial charge in [0.1, 0.15) is 18.4 Å². The topological polar surface area (TPSA) is 99.8 Å². The molecular formula is C29H25N5O. The molecule has 0 spiro atoms. The minimum atomic E-state index is -0.122. The summed E-state index contributed by atoms with van der Waals surface area (Å²) >= 11 is 0. The Bertz CT molecular complexity index is 1490. The predicted octanol–water partition coefficient (Wildman–Crippen LogP) is 5.79. The Hall–Kier alpha value is -4.60. The minimum Gasteiger partial charge on any atom is -0.492 e. The van der Waals surface area contributed by atoms with Gasteiger partial charge in [-0.25, -0.2) is 0 Å². The average Bonchev–Trinajstić information content (AvgIpc) is 3.38. The van der Waals surface area contributed by atoms with Crippen LogP contribution in [-0.2, 0) is 6.42 Å². The number of nitrogens with zero attached hydrogens (tertiary/aromatic N) is 2. The zero-order valence-corrected chi connectivity index (χ0v) is 19.1. The summed E-state index contributed by atoms with van der Waals surface area (Å²) < 4.78 is 6.03. The molecule has 0 aliphatic heterocycles. The molecule has 0 aliphatic rings. The molecule has 6 nitrogen and oxygen atoms in total. The summed E-state index contributed by atoms with van der Waals surface area (Å²) in [7, 11) is 0. The zero-order chi connectivity index (χ0) is 24.0. The SMILES string of the molecule is N#Cc1cncc(-c2cccc(OC[C@@H](N)Cc3ccccc3)c2)c1Nc1cccc2[nH]ccc12. The summed E-state index contributed by atoms with van der Waals surface area (Å²) in [6.45, 7) is 0.398. The number of pyridine rings is 1. The number of aromatic nitrogens is 2. The van der Waals surface area contributed by atoms with Crippen LogP contribution < -0.4 is 15.8 Å². The highest BCUT2D eigenvalue weighted by Crippen LogP contribution is 2.35. The second kappa shape index (κ2) is 10.1. The summed E-state index contributed by atoms with van der Waals surface area (Å²) in [4.78, 5) is 7.53. The number of hydrogen-bond acceptors (Lipinski definition) is 5. The maximum Gasteiger partial charge on any atom is 0.119 e. The Morgan fingerprint density at radius 1 is 1.00 bits per heavy atom. The second-order valence-corrected chi connectivity index (χ2v) is 8.38. The van der Waals surface area contributed by atoms with Crippen LogP contribution in [0.2, 0.25) is 0 Å². The quantitative estimate of drug-likeness (QED) is 0.273. The lowest BCUT2D eigenvalue weighted by molar-refractivity contribution is 0.288.